The Labute approximate surface area is 193 Å². The third kappa shape index (κ3) is 4.61. The number of nitrogens with one attached hydrogen (secondary N) is 2. The fourth-order valence-corrected chi connectivity index (χ4v) is 4.09. The maximum Gasteiger partial charge on any atom is 0.234 e. The van der Waals surface area contributed by atoms with Crippen LogP contribution in [-0.4, -0.2) is 26.8 Å². The summed E-state index contributed by atoms with van der Waals surface area (Å²) in [7, 11) is 0. The highest BCUT2D eigenvalue weighted by molar-refractivity contribution is 14.1. The van der Waals surface area contributed by atoms with E-state index >= 15 is 0 Å². The van der Waals surface area contributed by atoms with Crippen LogP contribution in [0.1, 0.15) is 17.0 Å². The molecule has 0 aliphatic rings. The monoisotopic (exact) mass is 525 g/mol. The van der Waals surface area contributed by atoms with E-state index in [4.69, 9.17) is 0 Å². The number of para-hydroxylation sites is 1. The second-order valence-corrected chi connectivity index (χ2v) is 7.96. The van der Waals surface area contributed by atoms with Gasteiger partial charge in [-0.3, -0.25) is 14.9 Å². The molecule has 1 atom stereocenters. The van der Waals surface area contributed by atoms with E-state index in [9.17, 15) is 14.9 Å². The lowest BCUT2D eigenvalue weighted by Crippen LogP contribution is -2.14. The summed E-state index contributed by atoms with van der Waals surface area (Å²) in [5.74, 6) is -0.500. The van der Waals surface area contributed by atoms with E-state index in [1.165, 1.54) is 0 Å². The average Bonchev–Trinajstić information content (AvgIpc) is 3.17. The number of halogens is 1. The van der Waals surface area contributed by atoms with Gasteiger partial charge in [-0.25, -0.2) is 0 Å². The lowest BCUT2D eigenvalue weighted by molar-refractivity contribution is -0.481. The number of carbonyl (C=O) groups is 1. The molecule has 0 fully saturated rings. The maximum atomic E-state index is 11.8. The number of H-pyrrole nitrogens is 1. The minimum absolute atomic E-state index is 0.0786. The van der Waals surface area contributed by atoms with Crippen molar-refractivity contribution in [3.05, 3.63) is 100 Å². The number of anilines is 1. The molecule has 4 rings (SSSR count). The summed E-state index contributed by atoms with van der Waals surface area (Å²) < 4.78 is 0.360. The first-order valence-electron chi connectivity index (χ1n) is 9.80. The van der Waals surface area contributed by atoms with Crippen molar-refractivity contribution in [1.29, 1.82) is 0 Å². The van der Waals surface area contributed by atoms with Gasteiger partial charge in [0.05, 0.1) is 16.0 Å². The van der Waals surface area contributed by atoms with Crippen molar-refractivity contribution in [2.45, 2.75) is 5.92 Å². The second kappa shape index (κ2) is 9.30. The molecule has 1 unspecified atom stereocenters. The van der Waals surface area contributed by atoms with Crippen LogP contribution in [0.4, 0.5) is 5.69 Å². The Hall–Kier alpha value is -3.20. The van der Waals surface area contributed by atoms with Gasteiger partial charge >= 0.3 is 0 Å². The molecule has 0 bridgehead atoms. The van der Waals surface area contributed by atoms with Gasteiger partial charge in [-0.2, -0.15) is 0 Å². The number of alkyl halides is 1. The van der Waals surface area contributed by atoms with Gasteiger partial charge < -0.3 is 10.3 Å². The molecule has 0 saturated carbocycles. The third-order valence-corrected chi connectivity index (χ3v) is 5.88. The molecule has 1 amide bonds. The molecule has 7 heteroatoms. The Kier molecular flexibility index (Phi) is 6.31. The van der Waals surface area contributed by atoms with Crippen LogP contribution in [0.5, 0.6) is 0 Å². The summed E-state index contributed by atoms with van der Waals surface area (Å²) in [6.45, 7) is -0.218. The van der Waals surface area contributed by atoms with E-state index in [-0.39, 0.29) is 17.4 Å². The number of hydrogen-bond acceptors (Lipinski definition) is 3. The van der Waals surface area contributed by atoms with Crippen molar-refractivity contribution in [2.24, 2.45) is 0 Å². The van der Waals surface area contributed by atoms with Crippen LogP contribution in [0, 0.1) is 10.1 Å². The summed E-state index contributed by atoms with van der Waals surface area (Å²) in [5, 5.41) is 15.5. The number of nitro groups is 1. The molecule has 0 radical (unpaired) electrons. The molecule has 0 spiro atoms. The Morgan fingerprint density at radius 2 is 1.77 bits per heavy atom. The standard InChI is InChI=1S/C24H20IN3O3/c25-14-22(29)26-18-10-6-9-17(13-18)24-23(19-11-4-5-12-21(19)27-24)20(15-28(30)31)16-7-2-1-3-8-16/h1-13,20,27H,14-15H2,(H,26,29). The van der Waals surface area contributed by atoms with Gasteiger partial charge in [0, 0.05) is 27.1 Å². The summed E-state index contributed by atoms with van der Waals surface area (Å²) in [6.07, 6.45) is 0. The van der Waals surface area contributed by atoms with Crippen molar-refractivity contribution in [3.8, 4) is 11.3 Å². The van der Waals surface area contributed by atoms with Crippen LogP contribution >= 0.6 is 22.6 Å². The van der Waals surface area contributed by atoms with Crippen molar-refractivity contribution >= 4 is 45.1 Å². The van der Waals surface area contributed by atoms with Gasteiger partial charge in [-0.05, 0) is 29.3 Å². The van der Waals surface area contributed by atoms with Crippen molar-refractivity contribution in [2.75, 3.05) is 16.3 Å². The molecule has 31 heavy (non-hydrogen) atoms. The van der Waals surface area contributed by atoms with E-state index in [0.29, 0.717) is 10.1 Å². The zero-order valence-electron chi connectivity index (χ0n) is 16.5. The van der Waals surface area contributed by atoms with Crippen molar-refractivity contribution < 1.29 is 9.72 Å². The van der Waals surface area contributed by atoms with E-state index in [2.05, 4.69) is 10.3 Å². The molecular formula is C24H20IN3O3. The number of aromatic amines is 1. The summed E-state index contributed by atoms with van der Waals surface area (Å²) in [5.41, 5.74) is 5.06. The topological polar surface area (TPSA) is 88.0 Å². The first kappa shape index (κ1) is 21.0. The van der Waals surface area contributed by atoms with Crippen LogP contribution in [-0.2, 0) is 4.79 Å². The zero-order chi connectivity index (χ0) is 21.8. The van der Waals surface area contributed by atoms with Gasteiger partial charge in [0.15, 0.2) is 0 Å². The molecule has 1 heterocycles. The van der Waals surface area contributed by atoms with E-state index in [1.54, 1.807) is 0 Å². The number of fused-ring (bicyclic) bond motifs is 1. The van der Waals surface area contributed by atoms with E-state index in [0.717, 1.165) is 33.3 Å². The SMILES string of the molecule is O=C(CI)Nc1cccc(-c2[nH]c3ccccc3c2C(C[N+](=O)[O-])c2ccccc2)c1. The first-order chi connectivity index (χ1) is 15.1. The number of rotatable bonds is 7. The Balaban J connectivity index is 1.91. The predicted molar refractivity (Wildman–Crippen MR) is 131 cm³/mol. The van der Waals surface area contributed by atoms with Crippen molar-refractivity contribution in [1.82, 2.24) is 4.98 Å². The molecule has 0 aliphatic heterocycles. The Morgan fingerprint density at radius 1 is 1.03 bits per heavy atom. The number of nitrogens with zero attached hydrogens (tertiary/aromatic N) is 1. The highest BCUT2D eigenvalue weighted by Gasteiger charge is 2.27. The van der Waals surface area contributed by atoms with Crippen LogP contribution in [0.2, 0.25) is 0 Å². The minimum Gasteiger partial charge on any atom is -0.354 e. The Bertz CT molecular complexity index is 1240. The molecule has 2 N–H and O–H groups in total. The quantitative estimate of drug-likeness (QED) is 0.142. The number of hydrogen-bond donors (Lipinski definition) is 2. The van der Waals surface area contributed by atoms with Gasteiger partial charge in [-0.15, -0.1) is 0 Å². The molecule has 0 saturated heterocycles. The number of benzene rings is 3. The fraction of sp³-hybridized carbons (Fsp3) is 0.125. The van der Waals surface area contributed by atoms with Crippen molar-refractivity contribution in [3.63, 3.8) is 0 Å². The minimum atomic E-state index is -0.421. The second-order valence-electron chi connectivity index (χ2n) is 7.20. The third-order valence-electron chi connectivity index (χ3n) is 5.18. The normalized spacial score (nSPS) is 11.9. The van der Waals surface area contributed by atoms with E-state index < -0.39 is 5.92 Å². The number of aromatic nitrogens is 1. The van der Waals surface area contributed by atoms with Crippen LogP contribution in [0.15, 0.2) is 78.9 Å². The first-order valence-corrected chi connectivity index (χ1v) is 11.3. The molecular weight excluding hydrogens is 505 g/mol. The predicted octanol–water partition coefficient (Wildman–Crippen LogP) is 5.62. The molecule has 3 aromatic carbocycles. The van der Waals surface area contributed by atoms with Crippen LogP contribution < -0.4 is 5.32 Å². The summed E-state index contributed by atoms with van der Waals surface area (Å²) in [4.78, 5) is 26.7. The van der Waals surface area contributed by atoms with Gasteiger partial charge in [0.1, 0.15) is 0 Å². The molecule has 6 nitrogen and oxygen atoms in total. The van der Waals surface area contributed by atoms with Gasteiger partial charge in [0.2, 0.25) is 12.5 Å². The van der Waals surface area contributed by atoms with Gasteiger partial charge in [0.25, 0.3) is 0 Å². The van der Waals surface area contributed by atoms with Gasteiger partial charge in [-0.1, -0.05) is 83.3 Å². The van der Waals surface area contributed by atoms with Crippen LogP contribution in [0.25, 0.3) is 22.2 Å². The number of carbonyl (C=O) groups excluding carboxylic acids is 1. The summed E-state index contributed by atoms with van der Waals surface area (Å²) in [6, 6.07) is 24.9. The highest BCUT2D eigenvalue weighted by Crippen LogP contribution is 2.39. The summed E-state index contributed by atoms with van der Waals surface area (Å²) >= 11 is 2.02. The highest BCUT2D eigenvalue weighted by atomic mass is 127. The van der Waals surface area contributed by atoms with E-state index in [1.807, 2.05) is 101 Å². The Morgan fingerprint density at radius 3 is 2.52 bits per heavy atom. The average molecular weight is 525 g/mol. The molecule has 156 valence electrons. The molecule has 1 aromatic heterocycles. The lowest BCUT2D eigenvalue weighted by Gasteiger charge is -2.16. The fourth-order valence-electron chi connectivity index (χ4n) is 3.90. The van der Waals surface area contributed by atoms with Crippen LogP contribution in [0.3, 0.4) is 0 Å². The number of amides is 1. The lowest BCUT2D eigenvalue weighted by atomic mass is 9.87. The smallest absolute Gasteiger partial charge is 0.234 e. The largest absolute Gasteiger partial charge is 0.354 e. The molecule has 0 aliphatic carbocycles. The maximum absolute atomic E-state index is 11.8. The molecule has 4 aromatic rings. The zero-order valence-corrected chi connectivity index (χ0v) is 18.7.